The maximum Gasteiger partial charge on any atom is 0.233 e. The monoisotopic (exact) mass is 448 g/mol. The van der Waals surface area contributed by atoms with Crippen molar-refractivity contribution in [2.45, 2.75) is 19.4 Å². The third-order valence-corrected chi connectivity index (χ3v) is 7.41. The van der Waals surface area contributed by atoms with Crippen LogP contribution in [0.4, 0.5) is 9.52 Å². The summed E-state index contributed by atoms with van der Waals surface area (Å²) in [6.07, 6.45) is 5.72. The minimum absolute atomic E-state index is 0.154. The number of sulfonamides is 1. The van der Waals surface area contributed by atoms with Gasteiger partial charge in [-0.2, -0.15) is 0 Å². The first-order valence-corrected chi connectivity index (χ1v) is 12.2. The first-order chi connectivity index (χ1) is 14.3. The molecule has 3 heterocycles. The van der Waals surface area contributed by atoms with Crippen LogP contribution in [0.5, 0.6) is 0 Å². The quantitative estimate of drug-likeness (QED) is 0.599. The molecule has 1 atom stereocenters. The molecule has 7 nitrogen and oxygen atoms in total. The molecule has 1 unspecified atom stereocenters. The highest BCUT2D eigenvalue weighted by atomic mass is 32.2. The first kappa shape index (κ1) is 20.8. The molecule has 10 heteroatoms. The van der Waals surface area contributed by atoms with Crippen LogP contribution in [0.25, 0.3) is 10.2 Å². The van der Waals surface area contributed by atoms with E-state index in [4.69, 9.17) is 0 Å². The Balaban J connectivity index is 1.68. The molecule has 0 aliphatic carbocycles. The van der Waals surface area contributed by atoms with E-state index in [1.54, 1.807) is 29.4 Å². The van der Waals surface area contributed by atoms with Gasteiger partial charge in [-0.25, -0.2) is 22.1 Å². The number of anilines is 1. The lowest BCUT2D eigenvalue weighted by molar-refractivity contribution is -0.123. The average molecular weight is 449 g/mol. The molecule has 0 N–H and O–H groups in total. The molecular formula is C20H21FN4O3S2. The highest BCUT2D eigenvalue weighted by Crippen LogP contribution is 2.32. The Hall–Kier alpha value is -2.43. The molecule has 1 aliphatic heterocycles. The predicted molar refractivity (Wildman–Crippen MR) is 114 cm³/mol. The zero-order chi connectivity index (χ0) is 21.3. The molecule has 158 valence electrons. The average Bonchev–Trinajstić information content (AvgIpc) is 3.14. The van der Waals surface area contributed by atoms with Gasteiger partial charge in [-0.3, -0.25) is 14.7 Å². The van der Waals surface area contributed by atoms with Gasteiger partial charge in [0.05, 0.1) is 28.9 Å². The van der Waals surface area contributed by atoms with Crippen molar-refractivity contribution in [2.24, 2.45) is 5.92 Å². The van der Waals surface area contributed by atoms with Gasteiger partial charge in [0.1, 0.15) is 5.82 Å². The normalized spacial score (nSPS) is 17.9. The molecule has 1 amide bonds. The molecule has 1 aliphatic rings. The summed E-state index contributed by atoms with van der Waals surface area (Å²) >= 11 is 1.24. The summed E-state index contributed by atoms with van der Waals surface area (Å²) in [5.74, 6) is -1.01. The number of nitrogens with zero attached hydrogens (tertiary/aromatic N) is 4. The molecule has 0 bridgehead atoms. The highest BCUT2D eigenvalue weighted by molar-refractivity contribution is 7.88. The van der Waals surface area contributed by atoms with E-state index in [0.717, 1.165) is 11.8 Å². The third kappa shape index (κ3) is 4.50. The molecule has 3 aromatic rings. The molecular weight excluding hydrogens is 427 g/mol. The number of aromatic nitrogens is 2. The number of halogens is 1. The number of benzene rings is 1. The van der Waals surface area contributed by atoms with E-state index in [1.807, 2.05) is 6.07 Å². The van der Waals surface area contributed by atoms with Gasteiger partial charge in [0, 0.05) is 25.5 Å². The van der Waals surface area contributed by atoms with Crippen molar-refractivity contribution < 1.29 is 17.6 Å². The van der Waals surface area contributed by atoms with E-state index >= 15 is 0 Å². The minimum atomic E-state index is -3.37. The minimum Gasteiger partial charge on any atom is -0.283 e. The van der Waals surface area contributed by atoms with Crippen molar-refractivity contribution in [2.75, 3.05) is 24.2 Å². The summed E-state index contributed by atoms with van der Waals surface area (Å²) in [6, 6.07) is 7.98. The van der Waals surface area contributed by atoms with E-state index in [0.29, 0.717) is 34.7 Å². The SMILES string of the molecule is CS(=O)(=O)N1CCCC(C(=O)N(Cc2cccnc2)c2nc3ccc(F)cc3s2)C1. The Morgan fingerprint density at radius 2 is 2.20 bits per heavy atom. The Bertz CT molecular complexity index is 1170. The van der Waals surface area contributed by atoms with Gasteiger partial charge >= 0.3 is 0 Å². The molecule has 1 saturated heterocycles. The summed E-state index contributed by atoms with van der Waals surface area (Å²) < 4.78 is 39.6. The van der Waals surface area contributed by atoms with E-state index in [2.05, 4.69) is 9.97 Å². The number of pyridine rings is 1. The smallest absolute Gasteiger partial charge is 0.233 e. The second-order valence-electron chi connectivity index (χ2n) is 7.35. The molecule has 0 radical (unpaired) electrons. The zero-order valence-electron chi connectivity index (χ0n) is 16.4. The van der Waals surface area contributed by atoms with Crippen LogP contribution in [0.15, 0.2) is 42.7 Å². The molecule has 0 spiro atoms. The van der Waals surface area contributed by atoms with E-state index in [9.17, 15) is 17.6 Å². The summed E-state index contributed by atoms with van der Waals surface area (Å²) in [7, 11) is -3.37. The van der Waals surface area contributed by atoms with E-state index in [1.165, 1.54) is 27.8 Å². The Morgan fingerprint density at radius 1 is 1.37 bits per heavy atom. The van der Waals surface area contributed by atoms with Gasteiger partial charge in [-0.1, -0.05) is 17.4 Å². The van der Waals surface area contributed by atoms with Gasteiger partial charge in [-0.05, 0) is 42.7 Å². The van der Waals surface area contributed by atoms with Crippen LogP contribution in [-0.4, -0.2) is 47.9 Å². The van der Waals surface area contributed by atoms with Crippen LogP contribution < -0.4 is 4.90 Å². The molecule has 1 fully saturated rings. The van der Waals surface area contributed by atoms with Crippen molar-refractivity contribution in [1.82, 2.24) is 14.3 Å². The fourth-order valence-electron chi connectivity index (χ4n) is 3.58. The van der Waals surface area contributed by atoms with Crippen molar-refractivity contribution in [3.8, 4) is 0 Å². The lowest BCUT2D eigenvalue weighted by atomic mass is 9.98. The number of hydrogen-bond acceptors (Lipinski definition) is 6. The standard InChI is InChI=1S/C20H21FN4O3S2/c1-30(27,28)24-9-3-5-15(13-24)19(26)25(12-14-4-2-8-22-11-14)20-23-17-7-6-16(21)10-18(17)29-20/h2,4,6-8,10-11,15H,3,5,9,12-13H2,1H3. The zero-order valence-corrected chi connectivity index (χ0v) is 18.0. The fraction of sp³-hybridized carbons (Fsp3) is 0.350. The Morgan fingerprint density at radius 3 is 2.93 bits per heavy atom. The lowest BCUT2D eigenvalue weighted by Crippen LogP contribution is -2.46. The number of amides is 1. The van der Waals surface area contributed by atoms with Gasteiger partial charge in [0.2, 0.25) is 15.9 Å². The molecule has 1 aromatic carbocycles. The second kappa shape index (κ2) is 8.37. The molecule has 30 heavy (non-hydrogen) atoms. The number of hydrogen-bond donors (Lipinski definition) is 0. The number of rotatable bonds is 5. The largest absolute Gasteiger partial charge is 0.283 e. The predicted octanol–water partition coefficient (Wildman–Crippen LogP) is 3.04. The number of piperidine rings is 1. The second-order valence-corrected chi connectivity index (χ2v) is 10.3. The third-order valence-electron chi connectivity index (χ3n) is 5.10. The maximum atomic E-state index is 13.6. The summed E-state index contributed by atoms with van der Waals surface area (Å²) in [4.78, 5) is 23.7. The van der Waals surface area contributed by atoms with Crippen LogP contribution >= 0.6 is 11.3 Å². The number of fused-ring (bicyclic) bond motifs is 1. The number of carbonyl (C=O) groups is 1. The van der Waals surface area contributed by atoms with Crippen molar-refractivity contribution in [3.05, 3.63) is 54.1 Å². The van der Waals surface area contributed by atoms with Crippen LogP contribution in [0.1, 0.15) is 18.4 Å². The molecule has 0 saturated carbocycles. The maximum absolute atomic E-state index is 13.6. The van der Waals surface area contributed by atoms with E-state index in [-0.39, 0.29) is 24.8 Å². The van der Waals surface area contributed by atoms with Gasteiger partial charge in [0.25, 0.3) is 0 Å². The van der Waals surface area contributed by atoms with Crippen molar-refractivity contribution >= 4 is 42.6 Å². The lowest BCUT2D eigenvalue weighted by Gasteiger charge is -2.33. The Labute approximate surface area is 178 Å². The molecule has 2 aromatic heterocycles. The van der Waals surface area contributed by atoms with Crippen LogP contribution in [-0.2, 0) is 21.4 Å². The van der Waals surface area contributed by atoms with Crippen molar-refractivity contribution in [3.63, 3.8) is 0 Å². The molecule has 4 rings (SSSR count). The van der Waals surface area contributed by atoms with Crippen LogP contribution in [0.2, 0.25) is 0 Å². The fourth-order valence-corrected chi connectivity index (χ4v) is 5.49. The van der Waals surface area contributed by atoms with Crippen LogP contribution in [0, 0.1) is 11.7 Å². The topological polar surface area (TPSA) is 83.5 Å². The van der Waals surface area contributed by atoms with E-state index < -0.39 is 15.9 Å². The van der Waals surface area contributed by atoms with Gasteiger partial charge in [-0.15, -0.1) is 0 Å². The Kier molecular flexibility index (Phi) is 5.81. The number of carbonyl (C=O) groups excluding carboxylic acids is 1. The summed E-state index contributed by atoms with van der Waals surface area (Å²) in [6.45, 7) is 0.830. The van der Waals surface area contributed by atoms with Gasteiger partial charge < -0.3 is 0 Å². The summed E-state index contributed by atoms with van der Waals surface area (Å²) in [5.41, 5.74) is 1.44. The summed E-state index contributed by atoms with van der Waals surface area (Å²) in [5, 5.41) is 0.459. The highest BCUT2D eigenvalue weighted by Gasteiger charge is 2.34. The van der Waals surface area contributed by atoms with Crippen LogP contribution in [0.3, 0.4) is 0 Å². The first-order valence-electron chi connectivity index (χ1n) is 9.53. The van der Waals surface area contributed by atoms with Gasteiger partial charge in [0.15, 0.2) is 5.13 Å². The number of thiazole rings is 1. The van der Waals surface area contributed by atoms with Crippen molar-refractivity contribution in [1.29, 1.82) is 0 Å².